The van der Waals surface area contributed by atoms with Crippen molar-refractivity contribution >= 4 is 5.82 Å². The third-order valence-electron chi connectivity index (χ3n) is 3.35. The average molecular weight is 244 g/mol. The van der Waals surface area contributed by atoms with Crippen molar-refractivity contribution in [2.24, 2.45) is 0 Å². The number of hydrogen-bond acceptors (Lipinski definition) is 4. The first-order valence-electron chi connectivity index (χ1n) is 6.61. The van der Waals surface area contributed by atoms with Gasteiger partial charge in [-0.1, -0.05) is 6.92 Å². The summed E-state index contributed by atoms with van der Waals surface area (Å²) < 4.78 is 0. The standard InChI is InChI=1S/C14H20N4/c1-3-8-18(13-6-7-16-10-13)14-12(9-15)5-4-11(2)17-14/h4-5,13,16H,3,6-8,10H2,1-2H3. The van der Waals surface area contributed by atoms with Gasteiger partial charge in [0.25, 0.3) is 0 Å². The Kier molecular flexibility index (Phi) is 4.16. The fraction of sp³-hybridized carbons (Fsp3) is 0.571. The van der Waals surface area contributed by atoms with Crippen LogP contribution in [-0.4, -0.2) is 30.7 Å². The highest BCUT2D eigenvalue weighted by Crippen LogP contribution is 2.23. The van der Waals surface area contributed by atoms with Crippen molar-refractivity contribution in [1.29, 1.82) is 5.26 Å². The molecule has 2 rings (SSSR count). The number of hydrogen-bond donors (Lipinski definition) is 1. The van der Waals surface area contributed by atoms with Gasteiger partial charge >= 0.3 is 0 Å². The summed E-state index contributed by atoms with van der Waals surface area (Å²) in [4.78, 5) is 6.88. The molecule has 4 heteroatoms. The summed E-state index contributed by atoms with van der Waals surface area (Å²) in [5.74, 6) is 0.855. The Labute approximate surface area is 109 Å². The van der Waals surface area contributed by atoms with Gasteiger partial charge in [-0.05, 0) is 38.4 Å². The highest BCUT2D eigenvalue weighted by molar-refractivity contribution is 5.55. The molecule has 0 amide bonds. The van der Waals surface area contributed by atoms with Crippen molar-refractivity contribution in [1.82, 2.24) is 10.3 Å². The van der Waals surface area contributed by atoms with Gasteiger partial charge < -0.3 is 10.2 Å². The predicted octanol–water partition coefficient (Wildman–Crippen LogP) is 1.84. The minimum atomic E-state index is 0.464. The van der Waals surface area contributed by atoms with Crippen LogP contribution in [0.4, 0.5) is 5.82 Å². The first kappa shape index (κ1) is 12.8. The van der Waals surface area contributed by atoms with Gasteiger partial charge in [0.05, 0.1) is 5.56 Å². The summed E-state index contributed by atoms with van der Waals surface area (Å²) in [6.07, 6.45) is 2.19. The quantitative estimate of drug-likeness (QED) is 0.878. The molecule has 0 spiro atoms. The van der Waals surface area contributed by atoms with Crippen LogP contribution in [0.3, 0.4) is 0 Å². The number of aromatic nitrogens is 1. The van der Waals surface area contributed by atoms with Crippen molar-refractivity contribution in [3.63, 3.8) is 0 Å². The summed E-state index contributed by atoms with van der Waals surface area (Å²) in [6.45, 7) is 7.13. The maximum atomic E-state index is 9.24. The van der Waals surface area contributed by atoms with Crippen LogP contribution in [-0.2, 0) is 0 Å². The summed E-state index contributed by atoms with van der Waals surface area (Å²) >= 11 is 0. The van der Waals surface area contributed by atoms with E-state index in [1.807, 2.05) is 19.1 Å². The SMILES string of the molecule is CCCN(c1nc(C)ccc1C#N)C1CCNC1. The maximum Gasteiger partial charge on any atom is 0.147 e. The number of pyridine rings is 1. The van der Waals surface area contributed by atoms with Crippen molar-refractivity contribution in [3.05, 3.63) is 23.4 Å². The molecule has 1 aromatic rings. The van der Waals surface area contributed by atoms with E-state index >= 15 is 0 Å². The molecule has 0 bridgehead atoms. The lowest BCUT2D eigenvalue weighted by molar-refractivity contribution is 0.617. The van der Waals surface area contributed by atoms with Gasteiger partial charge in [0.15, 0.2) is 0 Å². The monoisotopic (exact) mass is 244 g/mol. The fourth-order valence-corrected chi connectivity index (χ4v) is 2.46. The lowest BCUT2D eigenvalue weighted by Gasteiger charge is -2.30. The number of anilines is 1. The van der Waals surface area contributed by atoms with Crippen LogP contribution in [0.1, 0.15) is 31.0 Å². The van der Waals surface area contributed by atoms with E-state index in [2.05, 4.69) is 28.2 Å². The molecular weight excluding hydrogens is 224 g/mol. The molecule has 1 aromatic heterocycles. The highest BCUT2D eigenvalue weighted by Gasteiger charge is 2.24. The molecular formula is C14H20N4. The van der Waals surface area contributed by atoms with E-state index < -0.39 is 0 Å². The molecule has 0 aliphatic carbocycles. The van der Waals surface area contributed by atoms with E-state index in [9.17, 15) is 5.26 Å². The fourth-order valence-electron chi connectivity index (χ4n) is 2.46. The predicted molar refractivity (Wildman–Crippen MR) is 72.6 cm³/mol. The Morgan fingerprint density at radius 3 is 3.00 bits per heavy atom. The zero-order valence-electron chi connectivity index (χ0n) is 11.1. The van der Waals surface area contributed by atoms with E-state index in [1.165, 1.54) is 0 Å². The second-order valence-corrected chi connectivity index (χ2v) is 4.78. The first-order valence-corrected chi connectivity index (χ1v) is 6.61. The Morgan fingerprint density at radius 1 is 1.56 bits per heavy atom. The molecule has 96 valence electrons. The van der Waals surface area contributed by atoms with Crippen molar-refractivity contribution in [2.75, 3.05) is 24.5 Å². The van der Waals surface area contributed by atoms with E-state index in [1.54, 1.807) is 0 Å². The third kappa shape index (κ3) is 2.62. The van der Waals surface area contributed by atoms with Crippen LogP contribution < -0.4 is 10.2 Å². The highest BCUT2D eigenvalue weighted by atomic mass is 15.2. The summed E-state index contributed by atoms with van der Waals surface area (Å²) in [5.41, 5.74) is 1.65. The molecule has 1 saturated heterocycles. The van der Waals surface area contributed by atoms with Crippen LogP contribution in [0.25, 0.3) is 0 Å². The first-order chi connectivity index (χ1) is 8.76. The minimum absolute atomic E-state index is 0.464. The minimum Gasteiger partial charge on any atom is -0.351 e. The Bertz CT molecular complexity index is 444. The Morgan fingerprint density at radius 2 is 2.39 bits per heavy atom. The molecule has 1 aliphatic rings. The van der Waals surface area contributed by atoms with Gasteiger partial charge in [-0.2, -0.15) is 5.26 Å². The molecule has 0 radical (unpaired) electrons. The molecule has 1 atom stereocenters. The van der Waals surface area contributed by atoms with Gasteiger partial charge in [-0.3, -0.25) is 0 Å². The third-order valence-corrected chi connectivity index (χ3v) is 3.35. The molecule has 1 fully saturated rings. The van der Waals surface area contributed by atoms with E-state index in [0.717, 1.165) is 44.0 Å². The smallest absolute Gasteiger partial charge is 0.147 e. The molecule has 1 aliphatic heterocycles. The number of nitrogens with zero attached hydrogens (tertiary/aromatic N) is 3. The number of aryl methyl sites for hydroxylation is 1. The molecule has 18 heavy (non-hydrogen) atoms. The molecule has 0 aromatic carbocycles. The van der Waals surface area contributed by atoms with Crippen molar-refractivity contribution < 1.29 is 0 Å². The molecule has 0 saturated carbocycles. The Hall–Kier alpha value is -1.60. The van der Waals surface area contributed by atoms with E-state index in [4.69, 9.17) is 0 Å². The molecule has 2 heterocycles. The van der Waals surface area contributed by atoms with Gasteiger partial charge in [0.2, 0.25) is 0 Å². The van der Waals surface area contributed by atoms with Crippen LogP contribution in [0, 0.1) is 18.3 Å². The Balaban J connectivity index is 2.34. The van der Waals surface area contributed by atoms with Gasteiger partial charge in [-0.25, -0.2) is 4.98 Å². The zero-order chi connectivity index (χ0) is 13.0. The summed E-state index contributed by atoms with van der Waals surface area (Å²) in [5, 5.41) is 12.6. The number of rotatable bonds is 4. The molecule has 4 nitrogen and oxygen atoms in total. The molecule has 1 unspecified atom stereocenters. The van der Waals surface area contributed by atoms with Gasteiger partial charge in [0, 0.05) is 24.8 Å². The molecule has 1 N–H and O–H groups in total. The second-order valence-electron chi connectivity index (χ2n) is 4.78. The van der Waals surface area contributed by atoms with Crippen LogP contribution in [0.15, 0.2) is 12.1 Å². The lowest BCUT2D eigenvalue weighted by Crippen LogP contribution is -2.38. The lowest BCUT2D eigenvalue weighted by atomic mass is 10.1. The van der Waals surface area contributed by atoms with Crippen LogP contribution in [0.5, 0.6) is 0 Å². The summed E-state index contributed by atoms with van der Waals surface area (Å²) in [6, 6.07) is 6.50. The van der Waals surface area contributed by atoms with Crippen LogP contribution in [0.2, 0.25) is 0 Å². The van der Waals surface area contributed by atoms with Gasteiger partial charge in [0.1, 0.15) is 11.9 Å². The topological polar surface area (TPSA) is 52.0 Å². The van der Waals surface area contributed by atoms with E-state index in [0.29, 0.717) is 11.6 Å². The van der Waals surface area contributed by atoms with Crippen LogP contribution >= 0.6 is 0 Å². The normalized spacial score (nSPS) is 18.6. The van der Waals surface area contributed by atoms with Gasteiger partial charge in [-0.15, -0.1) is 0 Å². The van der Waals surface area contributed by atoms with E-state index in [-0.39, 0.29) is 0 Å². The zero-order valence-corrected chi connectivity index (χ0v) is 11.1. The van der Waals surface area contributed by atoms with Crippen molar-refractivity contribution in [3.8, 4) is 6.07 Å². The number of nitriles is 1. The second kappa shape index (κ2) is 5.83. The summed E-state index contributed by atoms with van der Waals surface area (Å²) in [7, 11) is 0. The largest absolute Gasteiger partial charge is 0.351 e. The average Bonchev–Trinajstić information content (AvgIpc) is 2.89. The van der Waals surface area contributed by atoms with Crippen molar-refractivity contribution in [2.45, 2.75) is 32.7 Å². The maximum absolute atomic E-state index is 9.24. The number of nitrogens with one attached hydrogen (secondary N) is 1.